The van der Waals surface area contributed by atoms with E-state index in [0.717, 1.165) is 19.1 Å². The van der Waals surface area contributed by atoms with E-state index in [2.05, 4.69) is 0 Å². The molecule has 0 fully saturated rings. The number of hydrogen-bond donors (Lipinski definition) is 0. The van der Waals surface area contributed by atoms with Crippen LogP contribution in [-0.4, -0.2) is 5.78 Å². The highest BCUT2D eigenvalue weighted by Crippen LogP contribution is 2.41. The Labute approximate surface area is 92.0 Å². The molecule has 0 heterocycles. The highest BCUT2D eigenvalue weighted by molar-refractivity contribution is 5.96. The number of Topliss-reactive ketones (excluding diaryl/α,β-unsaturated/α-hetero) is 1. The van der Waals surface area contributed by atoms with Gasteiger partial charge in [-0.15, -0.1) is 0 Å². The molecule has 0 radical (unpaired) electrons. The molecule has 94 valence electrons. The summed E-state index contributed by atoms with van der Waals surface area (Å²) >= 11 is 0. The van der Waals surface area contributed by atoms with Crippen LogP contribution in [0.1, 0.15) is 28.4 Å². The largest absolute Gasteiger partial charge is 0.417 e. The SMILES string of the molecule is CC(=O)c1cccc(C(F)(F)F)c1C(F)(F)F. The van der Waals surface area contributed by atoms with Gasteiger partial charge in [0.2, 0.25) is 0 Å². The molecule has 1 nitrogen and oxygen atoms in total. The monoisotopic (exact) mass is 256 g/mol. The van der Waals surface area contributed by atoms with E-state index in [9.17, 15) is 31.1 Å². The van der Waals surface area contributed by atoms with E-state index in [1.54, 1.807) is 0 Å². The average molecular weight is 256 g/mol. The predicted octanol–water partition coefficient (Wildman–Crippen LogP) is 3.93. The van der Waals surface area contributed by atoms with Crippen molar-refractivity contribution in [2.45, 2.75) is 19.3 Å². The lowest BCUT2D eigenvalue weighted by Gasteiger charge is -2.17. The summed E-state index contributed by atoms with van der Waals surface area (Å²) in [6.45, 7) is 0.782. The van der Waals surface area contributed by atoms with Crippen molar-refractivity contribution in [3.63, 3.8) is 0 Å². The highest BCUT2D eigenvalue weighted by Gasteiger charge is 2.45. The number of alkyl halides is 6. The first-order valence-electron chi connectivity index (χ1n) is 4.33. The van der Waals surface area contributed by atoms with Gasteiger partial charge < -0.3 is 0 Å². The molecule has 0 aliphatic rings. The molecule has 0 spiro atoms. The summed E-state index contributed by atoms with van der Waals surface area (Å²) in [5.41, 5.74) is -4.76. The molecule has 0 aliphatic carbocycles. The maximum atomic E-state index is 12.5. The zero-order chi connectivity index (χ0) is 13.4. The van der Waals surface area contributed by atoms with Crippen LogP contribution in [0.25, 0.3) is 0 Å². The molecule has 1 aromatic rings. The van der Waals surface area contributed by atoms with E-state index in [1.165, 1.54) is 0 Å². The van der Waals surface area contributed by atoms with Gasteiger partial charge in [0, 0.05) is 5.56 Å². The fraction of sp³-hybridized carbons (Fsp3) is 0.300. The quantitative estimate of drug-likeness (QED) is 0.549. The van der Waals surface area contributed by atoms with Crippen molar-refractivity contribution in [3.8, 4) is 0 Å². The van der Waals surface area contributed by atoms with Crippen molar-refractivity contribution >= 4 is 5.78 Å². The average Bonchev–Trinajstić information content (AvgIpc) is 2.13. The molecule has 0 atom stereocenters. The standard InChI is InChI=1S/C10H6F6O/c1-5(17)6-3-2-4-7(9(11,12)13)8(6)10(14,15)16/h2-4H,1H3. The predicted molar refractivity (Wildman–Crippen MR) is 46.5 cm³/mol. The van der Waals surface area contributed by atoms with Crippen molar-refractivity contribution in [2.24, 2.45) is 0 Å². The first-order chi connectivity index (χ1) is 7.55. The third-order valence-electron chi connectivity index (χ3n) is 2.03. The molecule has 0 saturated carbocycles. The molecule has 1 rings (SSSR count). The van der Waals surface area contributed by atoms with Crippen LogP contribution in [0.5, 0.6) is 0 Å². The first kappa shape index (κ1) is 13.5. The minimum atomic E-state index is -5.23. The fourth-order valence-corrected chi connectivity index (χ4v) is 1.39. The molecule has 17 heavy (non-hydrogen) atoms. The van der Waals surface area contributed by atoms with Crippen LogP contribution in [0.2, 0.25) is 0 Å². The number of carbonyl (C=O) groups excluding carboxylic acids is 1. The van der Waals surface area contributed by atoms with Crippen LogP contribution >= 0.6 is 0 Å². The smallest absolute Gasteiger partial charge is 0.294 e. The third kappa shape index (κ3) is 2.78. The number of benzene rings is 1. The lowest BCUT2D eigenvalue weighted by atomic mass is 9.97. The molecule has 7 heteroatoms. The van der Waals surface area contributed by atoms with Crippen molar-refractivity contribution < 1.29 is 31.1 Å². The lowest BCUT2D eigenvalue weighted by molar-refractivity contribution is -0.162. The second kappa shape index (κ2) is 4.05. The van der Waals surface area contributed by atoms with Gasteiger partial charge in [-0.1, -0.05) is 12.1 Å². The molecule has 0 saturated heterocycles. The van der Waals surface area contributed by atoms with Crippen molar-refractivity contribution in [3.05, 3.63) is 34.9 Å². The van der Waals surface area contributed by atoms with Crippen LogP contribution in [0.4, 0.5) is 26.3 Å². The number of hydrogen-bond acceptors (Lipinski definition) is 1. The normalized spacial score (nSPS) is 12.6. The van der Waals surface area contributed by atoms with Gasteiger partial charge in [0.1, 0.15) is 0 Å². The molecule has 0 amide bonds. The van der Waals surface area contributed by atoms with Crippen LogP contribution in [-0.2, 0) is 12.4 Å². The Bertz CT molecular complexity index is 443. The van der Waals surface area contributed by atoms with Gasteiger partial charge in [0.25, 0.3) is 0 Å². The maximum Gasteiger partial charge on any atom is 0.417 e. The zero-order valence-corrected chi connectivity index (χ0v) is 8.41. The van der Waals surface area contributed by atoms with Crippen LogP contribution in [0, 0.1) is 0 Å². The van der Waals surface area contributed by atoms with Crippen molar-refractivity contribution in [1.29, 1.82) is 0 Å². The van der Waals surface area contributed by atoms with Gasteiger partial charge >= 0.3 is 12.4 Å². The van der Waals surface area contributed by atoms with E-state index in [0.29, 0.717) is 6.07 Å². The summed E-state index contributed by atoms with van der Waals surface area (Å²) in [6, 6.07) is 1.80. The Kier molecular flexibility index (Phi) is 3.22. The minimum Gasteiger partial charge on any atom is -0.294 e. The Morgan fingerprint density at radius 1 is 1.00 bits per heavy atom. The van der Waals surface area contributed by atoms with Gasteiger partial charge in [0.15, 0.2) is 5.78 Å². The van der Waals surface area contributed by atoms with Gasteiger partial charge in [-0.25, -0.2) is 0 Å². The van der Waals surface area contributed by atoms with Gasteiger partial charge in [-0.2, -0.15) is 26.3 Å². The van der Waals surface area contributed by atoms with Gasteiger partial charge in [0.05, 0.1) is 11.1 Å². The fourth-order valence-electron chi connectivity index (χ4n) is 1.39. The summed E-state index contributed by atoms with van der Waals surface area (Å²) in [5.74, 6) is -1.07. The highest BCUT2D eigenvalue weighted by atomic mass is 19.4. The summed E-state index contributed by atoms with van der Waals surface area (Å²) < 4.78 is 74.9. The summed E-state index contributed by atoms with van der Waals surface area (Å²) in [6.07, 6.45) is -10.4. The van der Waals surface area contributed by atoms with Crippen molar-refractivity contribution in [1.82, 2.24) is 0 Å². The molecule has 0 unspecified atom stereocenters. The zero-order valence-electron chi connectivity index (χ0n) is 8.41. The maximum absolute atomic E-state index is 12.5. The summed E-state index contributed by atoms with van der Waals surface area (Å²) in [5, 5.41) is 0. The molecule has 0 aromatic heterocycles. The van der Waals surface area contributed by atoms with Crippen LogP contribution in [0.15, 0.2) is 18.2 Å². The molecule has 0 aliphatic heterocycles. The van der Waals surface area contributed by atoms with Crippen LogP contribution < -0.4 is 0 Å². The first-order valence-corrected chi connectivity index (χ1v) is 4.33. The van der Waals surface area contributed by atoms with Crippen LogP contribution in [0.3, 0.4) is 0 Å². The Morgan fingerprint density at radius 2 is 1.53 bits per heavy atom. The Hall–Kier alpha value is -1.53. The molecule has 0 N–H and O–H groups in total. The summed E-state index contributed by atoms with van der Waals surface area (Å²) in [4.78, 5) is 10.9. The van der Waals surface area contributed by atoms with Crippen molar-refractivity contribution in [2.75, 3.05) is 0 Å². The topological polar surface area (TPSA) is 17.1 Å². The summed E-state index contributed by atoms with van der Waals surface area (Å²) in [7, 11) is 0. The molecular weight excluding hydrogens is 250 g/mol. The third-order valence-corrected chi connectivity index (χ3v) is 2.03. The molecule has 1 aromatic carbocycles. The number of halogens is 6. The second-order valence-corrected chi connectivity index (χ2v) is 3.28. The second-order valence-electron chi connectivity index (χ2n) is 3.28. The lowest BCUT2D eigenvalue weighted by Crippen LogP contribution is -2.20. The minimum absolute atomic E-state index is 0.301. The van der Waals surface area contributed by atoms with Gasteiger partial charge in [-0.05, 0) is 13.0 Å². The van der Waals surface area contributed by atoms with E-state index in [-0.39, 0.29) is 0 Å². The Balaban J connectivity index is 3.64. The number of rotatable bonds is 1. The Morgan fingerprint density at radius 3 is 1.88 bits per heavy atom. The van der Waals surface area contributed by atoms with E-state index in [1.807, 2.05) is 0 Å². The number of ketones is 1. The van der Waals surface area contributed by atoms with Gasteiger partial charge in [-0.3, -0.25) is 4.79 Å². The van der Waals surface area contributed by atoms with E-state index in [4.69, 9.17) is 0 Å². The number of carbonyl (C=O) groups is 1. The van der Waals surface area contributed by atoms with E-state index < -0.39 is 34.8 Å². The van der Waals surface area contributed by atoms with E-state index >= 15 is 0 Å². The molecular formula is C10H6F6O. The molecule has 0 bridgehead atoms.